The van der Waals surface area contributed by atoms with Crippen LogP contribution in [0.2, 0.25) is 0 Å². The molecule has 0 radical (unpaired) electrons. The Kier molecular flexibility index (Phi) is 6.55. The molecule has 2 aromatic heterocycles. The van der Waals surface area contributed by atoms with Gasteiger partial charge in [-0.25, -0.2) is 28.4 Å². The van der Waals surface area contributed by atoms with Gasteiger partial charge in [0.15, 0.2) is 11.6 Å². The van der Waals surface area contributed by atoms with Crippen LogP contribution < -0.4 is 4.90 Å². The first-order valence-electron chi connectivity index (χ1n) is 11.6. The van der Waals surface area contributed by atoms with Gasteiger partial charge in [-0.05, 0) is 61.5 Å². The lowest BCUT2D eigenvalue weighted by molar-refractivity contribution is -0.132. The van der Waals surface area contributed by atoms with E-state index in [4.69, 9.17) is 0 Å². The van der Waals surface area contributed by atoms with Crippen molar-refractivity contribution < 1.29 is 13.6 Å². The van der Waals surface area contributed by atoms with Crippen LogP contribution >= 0.6 is 0 Å². The summed E-state index contributed by atoms with van der Waals surface area (Å²) >= 11 is 0. The fourth-order valence-corrected chi connectivity index (χ4v) is 4.12. The van der Waals surface area contributed by atoms with E-state index in [-0.39, 0.29) is 24.1 Å². The van der Waals surface area contributed by atoms with E-state index in [0.29, 0.717) is 66.3 Å². The molecular formula is C26H22F2N8O. The van der Waals surface area contributed by atoms with Crippen molar-refractivity contribution in [3.63, 3.8) is 0 Å². The monoisotopic (exact) mass is 500 g/mol. The summed E-state index contributed by atoms with van der Waals surface area (Å²) in [4.78, 5) is 30.2. The maximum absolute atomic E-state index is 13.5. The van der Waals surface area contributed by atoms with Crippen molar-refractivity contribution in [3.05, 3.63) is 77.6 Å². The molecule has 0 aliphatic carbocycles. The molecule has 5 rings (SSSR count). The Hall–Kier alpha value is -4.72. The van der Waals surface area contributed by atoms with Gasteiger partial charge in [0.2, 0.25) is 11.9 Å². The number of rotatable bonds is 5. The molecule has 37 heavy (non-hydrogen) atoms. The number of carbonyl (C=O) groups is 1. The zero-order valence-corrected chi connectivity index (χ0v) is 20.0. The van der Waals surface area contributed by atoms with E-state index in [1.807, 2.05) is 17.9 Å². The first-order valence-corrected chi connectivity index (χ1v) is 11.6. The lowest BCUT2D eigenvalue weighted by atomic mass is 10.2. The van der Waals surface area contributed by atoms with Crippen molar-refractivity contribution in [2.24, 2.45) is 0 Å². The Morgan fingerprint density at radius 3 is 2.16 bits per heavy atom. The van der Waals surface area contributed by atoms with Crippen molar-refractivity contribution in [1.29, 1.82) is 5.26 Å². The van der Waals surface area contributed by atoms with Crippen LogP contribution in [0.15, 0.2) is 54.6 Å². The van der Waals surface area contributed by atoms with Crippen LogP contribution in [0, 0.1) is 29.9 Å². The summed E-state index contributed by atoms with van der Waals surface area (Å²) in [5.74, 6) is 0.299. The van der Waals surface area contributed by atoms with Gasteiger partial charge in [0.25, 0.3) is 0 Å². The van der Waals surface area contributed by atoms with E-state index in [1.54, 1.807) is 35.2 Å². The smallest absolute Gasteiger partial charge is 0.244 e. The lowest BCUT2D eigenvalue weighted by Gasteiger charge is -2.34. The number of benzene rings is 2. The van der Waals surface area contributed by atoms with Crippen molar-refractivity contribution in [3.8, 4) is 28.8 Å². The molecule has 9 nitrogen and oxygen atoms in total. The first-order chi connectivity index (χ1) is 17.9. The molecule has 0 unspecified atom stereocenters. The molecule has 4 aromatic rings. The normalized spacial score (nSPS) is 13.5. The predicted molar refractivity (Wildman–Crippen MR) is 131 cm³/mol. The molecule has 11 heteroatoms. The van der Waals surface area contributed by atoms with E-state index in [9.17, 15) is 18.8 Å². The molecule has 1 aliphatic heterocycles. The second-order valence-electron chi connectivity index (χ2n) is 8.60. The van der Waals surface area contributed by atoms with E-state index < -0.39 is 0 Å². The molecule has 3 heterocycles. The Bertz CT molecular complexity index is 1470. The highest BCUT2D eigenvalue weighted by Crippen LogP contribution is 2.24. The minimum absolute atomic E-state index is 0.0690. The molecular weight excluding hydrogens is 478 g/mol. The summed E-state index contributed by atoms with van der Waals surface area (Å²) in [5.41, 5.74) is 2.21. The average Bonchev–Trinajstić information content (AvgIpc) is 3.32. The third-order valence-electron chi connectivity index (χ3n) is 6.03. The SMILES string of the molecule is Cc1cc(C#N)nc(N2CCN(C(=O)Cn3nc(-c4ccc(F)cc4)nc3-c3ccc(F)cc3)CC2)n1. The Labute approximate surface area is 211 Å². The fourth-order valence-electron chi connectivity index (χ4n) is 4.12. The molecule has 0 spiro atoms. The third-order valence-corrected chi connectivity index (χ3v) is 6.03. The number of nitrogens with zero attached hydrogens (tertiary/aromatic N) is 8. The highest BCUT2D eigenvalue weighted by Gasteiger charge is 2.25. The number of halogens is 2. The van der Waals surface area contributed by atoms with Crippen LogP contribution in [-0.2, 0) is 11.3 Å². The number of hydrogen-bond donors (Lipinski definition) is 0. The molecule has 0 N–H and O–H groups in total. The maximum Gasteiger partial charge on any atom is 0.244 e. The van der Waals surface area contributed by atoms with Gasteiger partial charge in [0, 0.05) is 43.0 Å². The second-order valence-corrected chi connectivity index (χ2v) is 8.60. The van der Waals surface area contributed by atoms with Crippen LogP contribution in [-0.4, -0.2) is 61.7 Å². The molecule has 0 bridgehead atoms. The van der Waals surface area contributed by atoms with Crippen LogP contribution in [0.4, 0.5) is 14.7 Å². The minimum atomic E-state index is -0.387. The van der Waals surface area contributed by atoms with Gasteiger partial charge in [-0.1, -0.05) is 0 Å². The van der Waals surface area contributed by atoms with Crippen molar-refractivity contribution >= 4 is 11.9 Å². The van der Waals surface area contributed by atoms with Crippen LogP contribution in [0.1, 0.15) is 11.4 Å². The van der Waals surface area contributed by atoms with Gasteiger partial charge in [-0.3, -0.25) is 4.79 Å². The minimum Gasteiger partial charge on any atom is -0.338 e. The van der Waals surface area contributed by atoms with Crippen LogP contribution in [0.5, 0.6) is 0 Å². The number of amides is 1. The summed E-state index contributed by atoms with van der Waals surface area (Å²) in [5, 5.41) is 13.7. The summed E-state index contributed by atoms with van der Waals surface area (Å²) in [6, 6.07) is 15.2. The highest BCUT2D eigenvalue weighted by molar-refractivity contribution is 5.77. The largest absolute Gasteiger partial charge is 0.338 e. The topological polar surface area (TPSA) is 104 Å². The van der Waals surface area contributed by atoms with Gasteiger partial charge in [0.05, 0.1) is 0 Å². The number of nitriles is 1. The van der Waals surface area contributed by atoms with E-state index in [1.165, 1.54) is 28.9 Å². The van der Waals surface area contributed by atoms with Crippen molar-refractivity contribution in [2.75, 3.05) is 31.1 Å². The molecule has 1 amide bonds. The van der Waals surface area contributed by atoms with E-state index in [2.05, 4.69) is 20.1 Å². The summed E-state index contributed by atoms with van der Waals surface area (Å²) in [6.07, 6.45) is 0. The molecule has 1 saturated heterocycles. The molecule has 2 aromatic carbocycles. The van der Waals surface area contributed by atoms with Gasteiger partial charge >= 0.3 is 0 Å². The van der Waals surface area contributed by atoms with E-state index >= 15 is 0 Å². The van der Waals surface area contributed by atoms with Gasteiger partial charge in [-0.2, -0.15) is 5.26 Å². The number of aryl methyl sites for hydroxylation is 1. The summed E-state index contributed by atoms with van der Waals surface area (Å²) in [6.45, 7) is 3.67. The number of anilines is 1. The van der Waals surface area contributed by atoms with Crippen molar-refractivity contribution in [2.45, 2.75) is 13.5 Å². The summed E-state index contributed by atoms with van der Waals surface area (Å²) in [7, 11) is 0. The first kappa shape index (κ1) is 24.0. The molecule has 0 atom stereocenters. The predicted octanol–water partition coefficient (Wildman–Crippen LogP) is 3.21. The number of carbonyl (C=O) groups excluding carboxylic acids is 1. The molecule has 1 aliphatic rings. The lowest BCUT2D eigenvalue weighted by Crippen LogP contribution is -2.50. The summed E-state index contributed by atoms with van der Waals surface area (Å²) < 4.78 is 28.4. The number of aromatic nitrogens is 5. The molecule has 1 fully saturated rings. The third kappa shape index (κ3) is 5.28. The second kappa shape index (κ2) is 10.1. The molecule has 0 saturated carbocycles. The average molecular weight is 501 g/mol. The zero-order valence-electron chi connectivity index (χ0n) is 20.0. The standard InChI is InChI=1S/C26H22F2N8O/c1-17-14-22(15-29)31-26(30-17)35-12-10-34(11-13-35)23(37)16-36-25(19-4-8-21(28)9-5-19)32-24(33-36)18-2-6-20(27)7-3-18/h2-9,14H,10-13,16H2,1H3. The Balaban J connectivity index is 1.34. The fraction of sp³-hybridized carbons (Fsp3) is 0.231. The van der Waals surface area contributed by atoms with Gasteiger partial charge < -0.3 is 9.80 Å². The van der Waals surface area contributed by atoms with Gasteiger partial charge in [-0.15, -0.1) is 5.10 Å². The van der Waals surface area contributed by atoms with E-state index in [0.717, 1.165) is 0 Å². The Morgan fingerprint density at radius 1 is 0.919 bits per heavy atom. The highest BCUT2D eigenvalue weighted by atomic mass is 19.1. The van der Waals surface area contributed by atoms with Crippen LogP contribution in [0.25, 0.3) is 22.8 Å². The zero-order chi connectivity index (χ0) is 25.9. The Morgan fingerprint density at radius 2 is 1.54 bits per heavy atom. The quantitative estimate of drug-likeness (QED) is 0.415. The number of piperazine rings is 1. The molecule has 186 valence electrons. The number of hydrogen-bond acceptors (Lipinski definition) is 7. The van der Waals surface area contributed by atoms with Crippen molar-refractivity contribution in [1.82, 2.24) is 29.6 Å². The maximum atomic E-state index is 13.5. The van der Waals surface area contributed by atoms with Gasteiger partial charge in [0.1, 0.15) is 29.9 Å². The van der Waals surface area contributed by atoms with Crippen LogP contribution in [0.3, 0.4) is 0 Å².